The maximum atomic E-state index is 10.9. The molecule has 1 aromatic rings. The molecule has 0 unspecified atom stereocenters. The average molecular weight is 248 g/mol. The molecule has 1 fully saturated rings. The highest BCUT2D eigenvalue weighted by Crippen LogP contribution is 2.43. The molecule has 2 nitrogen and oxygen atoms in total. The quantitative estimate of drug-likeness (QED) is 0.876. The second-order valence-electron chi connectivity index (χ2n) is 5.46. The number of rotatable bonds is 4. The van der Waals surface area contributed by atoms with Crippen molar-refractivity contribution in [2.75, 3.05) is 7.11 Å². The lowest BCUT2D eigenvalue weighted by Gasteiger charge is -2.37. The highest BCUT2D eigenvalue weighted by Gasteiger charge is 2.36. The average Bonchev–Trinajstić information content (AvgIpc) is 2.42. The van der Waals surface area contributed by atoms with Gasteiger partial charge in [-0.3, -0.25) is 0 Å². The number of hydrogen-bond acceptors (Lipinski definition) is 2. The summed E-state index contributed by atoms with van der Waals surface area (Å²) in [6, 6.07) is 7.87. The maximum Gasteiger partial charge on any atom is 0.124 e. The fourth-order valence-corrected chi connectivity index (χ4v) is 3.15. The molecule has 0 aliphatic heterocycles. The normalized spacial score (nSPS) is 28.1. The third kappa shape index (κ3) is 2.69. The first-order valence-electron chi connectivity index (χ1n) is 7.05. The molecule has 1 saturated carbocycles. The number of hydrogen-bond donors (Lipinski definition) is 1. The number of methoxy groups -OCH3 is 1. The van der Waals surface area contributed by atoms with Gasteiger partial charge in [-0.15, -0.1) is 0 Å². The second-order valence-corrected chi connectivity index (χ2v) is 5.46. The van der Waals surface area contributed by atoms with E-state index in [1.54, 1.807) is 7.11 Å². The van der Waals surface area contributed by atoms with E-state index in [4.69, 9.17) is 4.74 Å². The Labute approximate surface area is 110 Å². The fraction of sp³-hybridized carbons (Fsp3) is 0.625. The lowest BCUT2D eigenvalue weighted by atomic mass is 9.74. The molecule has 1 aliphatic carbocycles. The van der Waals surface area contributed by atoms with Crippen molar-refractivity contribution >= 4 is 0 Å². The van der Waals surface area contributed by atoms with Gasteiger partial charge in [-0.25, -0.2) is 0 Å². The van der Waals surface area contributed by atoms with Crippen molar-refractivity contribution in [1.82, 2.24) is 0 Å². The maximum absolute atomic E-state index is 10.9. The molecule has 100 valence electrons. The SMILES string of the molecule is CCCC1CCC(O)(c2ccccc2OC)CC1. The molecule has 0 spiro atoms. The Morgan fingerprint density at radius 3 is 2.56 bits per heavy atom. The van der Waals surface area contributed by atoms with Gasteiger partial charge in [0.2, 0.25) is 0 Å². The van der Waals surface area contributed by atoms with Gasteiger partial charge in [0.15, 0.2) is 0 Å². The van der Waals surface area contributed by atoms with Gasteiger partial charge >= 0.3 is 0 Å². The largest absolute Gasteiger partial charge is 0.496 e. The van der Waals surface area contributed by atoms with E-state index in [0.29, 0.717) is 0 Å². The number of benzene rings is 1. The van der Waals surface area contributed by atoms with Crippen LogP contribution in [0, 0.1) is 5.92 Å². The van der Waals surface area contributed by atoms with Crippen LogP contribution in [0.25, 0.3) is 0 Å². The van der Waals surface area contributed by atoms with Crippen molar-refractivity contribution in [3.8, 4) is 5.75 Å². The van der Waals surface area contributed by atoms with Gasteiger partial charge in [0.1, 0.15) is 5.75 Å². The van der Waals surface area contributed by atoms with E-state index in [9.17, 15) is 5.11 Å². The van der Waals surface area contributed by atoms with Crippen LogP contribution in [0.3, 0.4) is 0 Å². The van der Waals surface area contributed by atoms with Crippen molar-refractivity contribution < 1.29 is 9.84 Å². The molecule has 0 atom stereocenters. The van der Waals surface area contributed by atoms with Gasteiger partial charge in [0.05, 0.1) is 12.7 Å². The zero-order valence-corrected chi connectivity index (χ0v) is 11.5. The van der Waals surface area contributed by atoms with E-state index in [1.807, 2.05) is 24.3 Å². The zero-order chi connectivity index (χ0) is 13.0. The molecule has 0 amide bonds. The number of ether oxygens (including phenoxy) is 1. The summed E-state index contributed by atoms with van der Waals surface area (Å²) >= 11 is 0. The molecule has 1 aromatic carbocycles. The molecule has 0 heterocycles. The van der Waals surface area contributed by atoms with E-state index < -0.39 is 5.60 Å². The molecule has 1 N–H and O–H groups in total. The Balaban J connectivity index is 2.13. The van der Waals surface area contributed by atoms with E-state index in [2.05, 4.69) is 6.92 Å². The van der Waals surface area contributed by atoms with Crippen molar-refractivity contribution in [3.05, 3.63) is 29.8 Å². The zero-order valence-electron chi connectivity index (χ0n) is 11.5. The monoisotopic (exact) mass is 248 g/mol. The molecule has 2 rings (SSSR count). The molecule has 0 aromatic heterocycles. The lowest BCUT2D eigenvalue weighted by molar-refractivity contribution is -0.0169. The summed E-state index contributed by atoms with van der Waals surface area (Å²) < 4.78 is 5.38. The smallest absolute Gasteiger partial charge is 0.124 e. The standard InChI is InChI=1S/C16H24O2/c1-3-6-13-9-11-16(17,12-10-13)14-7-4-5-8-15(14)18-2/h4-5,7-8,13,17H,3,6,9-12H2,1-2H3. The van der Waals surface area contributed by atoms with Crippen LogP contribution in [0.4, 0.5) is 0 Å². The molecule has 0 radical (unpaired) electrons. The predicted octanol–water partition coefficient (Wildman–Crippen LogP) is 3.87. The van der Waals surface area contributed by atoms with Gasteiger partial charge < -0.3 is 9.84 Å². The first-order valence-corrected chi connectivity index (χ1v) is 7.05. The van der Waals surface area contributed by atoms with Gasteiger partial charge in [0, 0.05) is 5.56 Å². The summed E-state index contributed by atoms with van der Waals surface area (Å²) in [5, 5.41) is 10.9. The predicted molar refractivity (Wildman–Crippen MR) is 73.8 cm³/mol. The Bertz CT molecular complexity index is 378. The van der Waals surface area contributed by atoms with Crippen molar-refractivity contribution in [2.45, 2.75) is 51.0 Å². The van der Waals surface area contributed by atoms with Crippen LogP contribution in [0.2, 0.25) is 0 Å². The highest BCUT2D eigenvalue weighted by molar-refractivity contribution is 5.38. The Morgan fingerprint density at radius 2 is 1.94 bits per heavy atom. The molecule has 2 heteroatoms. The fourth-order valence-electron chi connectivity index (χ4n) is 3.15. The summed E-state index contributed by atoms with van der Waals surface area (Å²) in [7, 11) is 1.67. The summed E-state index contributed by atoms with van der Waals surface area (Å²) in [6.45, 7) is 2.24. The third-order valence-corrected chi connectivity index (χ3v) is 4.24. The van der Waals surface area contributed by atoms with Crippen LogP contribution in [-0.4, -0.2) is 12.2 Å². The second kappa shape index (κ2) is 5.75. The Kier molecular flexibility index (Phi) is 4.28. The summed E-state index contributed by atoms with van der Waals surface area (Å²) in [5.41, 5.74) is 0.277. The summed E-state index contributed by atoms with van der Waals surface area (Å²) in [4.78, 5) is 0. The molecular formula is C16H24O2. The van der Waals surface area contributed by atoms with E-state index in [1.165, 1.54) is 12.8 Å². The lowest BCUT2D eigenvalue weighted by Crippen LogP contribution is -2.31. The summed E-state index contributed by atoms with van der Waals surface area (Å²) in [6.07, 6.45) is 6.51. The van der Waals surface area contributed by atoms with E-state index in [0.717, 1.165) is 42.9 Å². The number of para-hydroxylation sites is 1. The van der Waals surface area contributed by atoms with Crippen LogP contribution in [0.1, 0.15) is 51.0 Å². The molecule has 1 aliphatic rings. The first kappa shape index (κ1) is 13.4. The minimum absolute atomic E-state index is 0.684. The van der Waals surface area contributed by atoms with Gasteiger partial charge in [-0.2, -0.15) is 0 Å². The minimum Gasteiger partial charge on any atom is -0.496 e. The van der Waals surface area contributed by atoms with E-state index >= 15 is 0 Å². The van der Waals surface area contributed by atoms with Crippen LogP contribution < -0.4 is 4.74 Å². The molecule has 0 bridgehead atoms. The highest BCUT2D eigenvalue weighted by atomic mass is 16.5. The molecule has 0 saturated heterocycles. The van der Waals surface area contributed by atoms with Crippen molar-refractivity contribution in [3.63, 3.8) is 0 Å². The van der Waals surface area contributed by atoms with Crippen LogP contribution >= 0.6 is 0 Å². The Hall–Kier alpha value is -1.02. The Morgan fingerprint density at radius 1 is 1.28 bits per heavy atom. The van der Waals surface area contributed by atoms with Gasteiger partial charge in [-0.1, -0.05) is 38.0 Å². The topological polar surface area (TPSA) is 29.5 Å². The van der Waals surface area contributed by atoms with Gasteiger partial charge in [-0.05, 0) is 37.7 Å². The molecule has 18 heavy (non-hydrogen) atoms. The van der Waals surface area contributed by atoms with Gasteiger partial charge in [0.25, 0.3) is 0 Å². The van der Waals surface area contributed by atoms with Crippen molar-refractivity contribution in [2.24, 2.45) is 5.92 Å². The van der Waals surface area contributed by atoms with Crippen LogP contribution in [0.15, 0.2) is 24.3 Å². The first-order chi connectivity index (χ1) is 8.69. The molecular weight excluding hydrogens is 224 g/mol. The van der Waals surface area contributed by atoms with E-state index in [-0.39, 0.29) is 0 Å². The minimum atomic E-state index is -0.684. The third-order valence-electron chi connectivity index (χ3n) is 4.24. The van der Waals surface area contributed by atoms with Crippen LogP contribution in [-0.2, 0) is 5.60 Å². The van der Waals surface area contributed by atoms with Crippen molar-refractivity contribution in [1.29, 1.82) is 0 Å². The summed E-state index contributed by atoms with van der Waals surface area (Å²) in [5.74, 6) is 1.61. The van der Waals surface area contributed by atoms with Crippen LogP contribution in [0.5, 0.6) is 5.75 Å². The number of aliphatic hydroxyl groups is 1.